The van der Waals surface area contributed by atoms with Gasteiger partial charge in [0, 0.05) is 6.20 Å². The lowest BCUT2D eigenvalue weighted by Crippen LogP contribution is -2.26. The van der Waals surface area contributed by atoms with Crippen molar-refractivity contribution in [3.8, 4) is 6.07 Å². The second kappa shape index (κ2) is 4.23. The summed E-state index contributed by atoms with van der Waals surface area (Å²) in [5.74, 6) is -0.690. The number of aromatic nitrogens is 1. The largest absolute Gasteiger partial charge is 0.480 e. The maximum atomic E-state index is 10.5. The predicted molar refractivity (Wildman–Crippen MR) is 49.7 cm³/mol. The highest BCUT2D eigenvalue weighted by Gasteiger charge is 2.12. The van der Waals surface area contributed by atoms with Crippen LogP contribution in [-0.2, 0) is 4.79 Å². The summed E-state index contributed by atoms with van der Waals surface area (Å²) in [6.07, 6.45) is 1.50. The standard InChI is InChI=1S/C9H9N3O2/c1-6(9(13)14)12-8-7(5-10)3-2-4-11-8/h2-4,6H,1H3,(H,11,12)(H,13,14). The van der Waals surface area contributed by atoms with Gasteiger partial charge in [0.25, 0.3) is 0 Å². The molecule has 0 amide bonds. The quantitative estimate of drug-likeness (QED) is 0.739. The molecule has 2 N–H and O–H groups in total. The zero-order chi connectivity index (χ0) is 10.6. The minimum absolute atomic E-state index is 0.296. The van der Waals surface area contributed by atoms with Gasteiger partial charge in [0.15, 0.2) is 0 Å². The Hall–Kier alpha value is -2.09. The van der Waals surface area contributed by atoms with E-state index in [1.807, 2.05) is 6.07 Å². The number of pyridine rings is 1. The second-order valence-electron chi connectivity index (χ2n) is 2.72. The minimum Gasteiger partial charge on any atom is -0.480 e. The first-order valence-corrected chi connectivity index (χ1v) is 3.99. The molecule has 1 unspecified atom stereocenters. The van der Waals surface area contributed by atoms with E-state index < -0.39 is 12.0 Å². The molecule has 1 rings (SSSR count). The lowest BCUT2D eigenvalue weighted by molar-refractivity contribution is -0.137. The Kier molecular flexibility index (Phi) is 3.02. The number of aliphatic carboxylic acids is 1. The zero-order valence-corrected chi connectivity index (χ0v) is 7.56. The number of hydrogen-bond acceptors (Lipinski definition) is 4. The Bertz CT molecular complexity index is 384. The van der Waals surface area contributed by atoms with Gasteiger partial charge >= 0.3 is 5.97 Å². The van der Waals surface area contributed by atoms with Crippen LogP contribution in [0.5, 0.6) is 0 Å². The van der Waals surface area contributed by atoms with E-state index in [9.17, 15) is 4.79 Å². The van der Waals surface area contributed by atoms with Gasteiger partial charge in [0.2, 0.25) is 0 Å². The topological polar surface area (TPSA) is 86.0 Å². The van der Waals surface area contributed by atoms with E-state index in [1.54, 1.807) is 12.1 Å². The van der Waals surface area contributed by atoms with Crippen LogP contribution in [0.3, 0.4) is 0 Å². The molecule has 0 bridgehead atoms. The Morgan fingerprint density at radius 1 is 1.79 bits per heavy atom. The van der Waals surface area contributed by atoms with Crippen molar-refractivity contribution in [3.63, 3.8) is 0 Å². The van der Waals surface area contributed by atoms with E-state index >= 15 is 0 Å². The van der Waals surface area contributed by atoms with Crippen molar-refractivity contribution in [1.29, 1.82) is 5.26 Å². The zero-order valence-electron chi connectivity index (χ0n) is 7.56. The van der Waals surface area contributed by atoms with Crippen molar-refractivity contribution >= 4 is 11.8 Å². The van der Waals surface area contributed by atoms with Crippen molar-refractivity contribution in [1.82, 2.24) is 4.98 Å². The van der Waals surface area contributed by atoms with Crippen LogP contribution in [0.25, 0.3) is 0 Å². The summed E-state index contributed by atoms with van der Waals surface area (Å²) in [6, 6.07) is 4.35. The van der Waals surface area contributed by atoms with Crippen LogP contribution in [0.15, 0.2) is 18.3 Å². The third-order valence-electron chi connectivity index (χ3n) is 1.65. The molecule has 5 heteroatoms. The number of nitrogens with zero attached hydrogens (tertiary/aromatic N) is 2. The van der Waals surface area contributed by atoms with Gasteiger partial charge < -0.3 is 10.4 Å². The third-order valence-corrected chi connectivity index (χ3v) is 1.65. The molecule has 5 nitrogen and oxygen atoms in total. The number of hydrogen-bond donors (Lipinski definition) is 2. The van der Waals surface area contributed by atoms with Gasteiger partial charge in [-0.05, 0) is 19.1 Å². The molecule has 1 aromatic rings. The molecule has 14 heavy (non-hydrogen) atoms. The van der Waals surface area contributed by atoms with Gasteiger partial charge in [0.05, 0.1) is 5.56 Å². The maximum absolute atomic E-state index is 10.5. The average Bonchev–Trinajstić information content (AvgIpc) is 2.18. The molecular weight excluding hydrogens is 182 g/mol. The fourth-order valence-electron chi connectivity index (χ4n) is 0.877. The molecule has 0 fully saturated rings. The molecule has 0 saturated heterocycles. The molecular formula is C9H9N3O2. The SMILES string of the molecule is CC(Nc1ncccc1C#N)C(=O)O. The number of carboxylic acids is 1. The van der Waals surface area contributed by atoms with E-state index in [2.05, 4.69) is 10.3 Å². The molecule has 0 aliphatic rings. The number of carboxylic acid groups (broad SMARTS) is 1. The molecule has 0 saturated carbocycles. The minimum atomic E-state index is -0.987. The molecule has 0 spiro atoms. The fourth-order valence-corrected chi connectivity index (χ4v) is 0.877. The van der Waals surface area contributed by atoms with Crippen LogP contribution in [-0.4, -0.2) is 22.1 Å². The van der Waals surface area contributed by atoms with E-state index in [0.717, 1.165) is 0 Å². The van der Waals surface area contributed by atoms with Crippen molar-refractivity contribution in [2.45, 2.75) is 13.0 Å². The summed E-state index contributed by atoms with van der Waals surface area (Å²) in [7, 11) is 0. The Morgan fingerprint density at radius 3 is 3.07 bits per heavy atom. The highest BCUT2D eigenvalue weighted by atomic mass is 16.4. The maximum Gasteiger partial charge on any atom is 0.325 e. The van der Waals surface area contributed by atoms with Gasteiger partial charge in [-0.1, -0.05) is 0 Å². The predicted octanol–water partition coefficient (Wildman–Crippen LogP) is 0.838. The molecule has 0 radical (unpaired) electrons. The smallest absolute Gasteiger partial charge is 0.325 e. The molecule has 0 aliphatic carbocycles. The Balaban J connectivity index is 2.87. The Morgan fingerprint density at radius 2 is 2.50 bits per heavy atom. The Labute approximate surface area is 81.0 Å². The monoisotopic (exact) mass is 191 g/mol. The fraction of sp³-hybridized carbons (Fsp3) is 0.222. The van der Waals surface area contributed by atoms with Gasteiger partial charge in [-0.25, -0.2) is 4.98 Å². The molecule has 1 heterocycles. The number of anilines is 1. The van der Waals surface area contributed by atoms with Gasteiger partial charge in [-0.3, -0.25) is 4.79 Å². The van der Waals surface area contributed by atoms with Crippen molar-refractivity contribution in [2.24, 2.45) is 0 Å². The van der Waals surface area contributed by atoms with E-state index in [-0.39, 0.29) is 0 Å². The summed E-state index contributed by atoms with van der Waals surface area (Å²) in [4.78, 5) is 14.4. The molecule has 0 aliphatic heterocycles. The highest BCUT2D eigenvalue weighted by molar-refractivity contribution is 5.76. The van der Waals surface area contributed by atoms with E-state index in [4.69, 9.17) is 10.4 Å². The molecule has 0 aromatic carbocycles. The normalized spacial score (nSPS) is 11.4. The summed E-state index contributed by atoms with van der Waals surface area (Å²) < 4.78 is 0. The number of carbonyl (C=O) groups is 1. The van der Waals surface area contributed by atoms with E-state index in [1.165, 1.54) is 13.1 Å². The third kappa shape index (κ3) is 2.20. The first-order valence-electron chi connectivity index (χ1n) is 3.99. The highest BCUT2D eigenvalue weighted by Crippen LogP contribution is 2.10. The van der Waals surface area contributed by atoms with Crippen LogP contribution in [0, 0.1) is 11.3 Å². The number of nitriles is 1. The van der Waals surface area contributed by atoms with Crippen LogP contribution in [0.1, 0.15) is 12.5 Å². The lowest BCUT2D eigenvalue weighted by Gasteiger charge is -2.10. The summed E-state index contributed by atoms with van der Waals surface area (Å²) in [5, 5.41) is 20.0. The summed E-state index contributed by atoms with van der Waals surface area (Å²) in [6.45, 7) is 1.48. The van der Waals surface area contributed by atoms with Crippen LogP contribution in [0.4, 0.5) is 5.82 Å². The first kappa shape index (κ1) is 9.99. The number of rotatable bonds is 3. The van der Waals surface area contributed by atoms with Crippen LogP contribution >= 0.6 is 0 Å². The molecule has 1 atom stereocenters. The summed E-state index contributed by atoms with van der Waals surface area (Å²) in [5.41, 5.74) is 0.334. The molecule has 1 aromatic heterocycles. The first-order chi connectivity index (χ1) is 6.65. The second-order valence-corrected chi connectivity index (χ2v) is 2.72. The molecule has 72 valence electrons. The van der Waals surface area contributed by atoms with Crippen molar-refractivity contribution in [3.05, 3.63) is 23.9 Å². The van der Waals surface area contributed by atoms with Crippen LogP contribution < -0.4 is 5.32 Å². The van der Waals surface area contributed by atoms with Gasteiger partial charge in [-0.15, -0.1) is 0 Å². The average molecular weight is 191 g/mol. The lowest BCUT2D eigenvalue weighted by atomic mass is 10.2. The van der Waals surface area contributed by atoms with Crippen molar-refractivity contribution in [2.75, 3.05) is 5.32 Å². The van der Waals surface area contributed by atoms with Gasteiger partial charge in [-0.2, -0.15) is 5.26 Å². The van der Waals surface area contributed by atoms with E-state index in [0.29, 0.717) is 11.4 Å². The summed E-state index contributed by atoms with van der Waals surface area (Å²) >= 11 is 0. The number of nitrogens with one attached hydrogen (secondary N) is 1. The van der Waals surface area contributed by atoms with Crippen LogP contribution in [0.2, 0.25) is 0 Å². The van der Waals surface area contributed by atoms with Crippen molar-refractivity contribution < 1.29 is 9.90 Å². The van der Waals surface area contributed by atoms with Gasteiger partial charge in [0.1, 0.15) is 17.9 Å².